The van der Waals surface area contributed by atoms with Crippen LogP contribution < -0.4 is 4.90 Å². The lowest BCUT2D eigenvalue weighted by Crippen LogP contribution is -2.31. The maximum Gasteiger partial charge on any atom is 0.187 e. The van der Waals surface area contributed by atoms with Crippen molar-refractivity contribution in [1.29, 1.82) is 0 Å². The first-order valence-corrected chi connectivity index (χ1v) is 8.33. The SMILES string of the molecule is CCC=C(O)N(CC1CCC(C)CC1)c1cccc(C)c1. The minimum Gasteiger partial charge on any atom is -0.495 e. The van der Waals surface area contributed by atoms with Crippen LogP contribution in [0.15, 0.2) is 36.2 Å². The number of anilines is 1. The Morgan fingerprint density at radius 2 is 2.00 bits per heavy atom. The summed E-state index contributed by atoms with van der Waals surface area (Å²) in [5, 5.41) is 10.4. The van der Waals surface area contributed by atoms with Crippen LogP contribution in [0.1, 0.15) is 51.5 Å². The highest BCUT2D eigenvalue weighted by atomic mass is 16.3. The smallest absolute Gasteiger partial charge is 0.187 e. The molecule has 0 aliphatic heterocycles. The number of hydrogen-bond donors (Lipinski definition) is 1. The molecule has 1 aliphatic carbocycles. The molecule has 1 aromatic carbocycles. The second kappa shape index (κ2) is 7.53. The number of allylic oxidation sites excluding steroid dienone is 1. The van der Waals surface area contributed by atoms with Crippen LogP contribution in [-0.4, -0.2) is 11.7 Å². The molecule has 2 nitrogen and oxygen atoms in total. The maximum atomic E-state index is 10.4. The third kappa shape index (κ3) is 4.52. The summed E-state index contributed by atoms with van der Waals surface area (Å²) >= 11 is 0. The van der Waals surface area contributed by atoms with Gasteiger partial charge in [0.05, 0.1) is 0 Å². The van der Waals surface area contributed by atoms with Gasteiger partial charge in [0, 0.05) is 12.2 Å². The second-order valence-electron chi connectivity index (χ2n) is 6.55. The van der Waals surface area contributed by atoms with Crippen molar-refractivity contribution < 1.29 is 5.11 Å². The van der Waals surface area contributed by atoms with Gasteiger partial charge < -0.3 is 10.0 Å². The first-order chi connectivity index (χ1) is 10.1. The molecule has 21 heavy (non-hydrogen) atoms. The quantitative estimate of drug-likeness (QED) is 0.729. The standard InChI is InChI=1S/C19H29NO/c1-4-6-19(21)20(18-8-5-7-16(3)13-18)14-17-11-9-15(2)10-12-17/h5-8,13,15,17,21H,4,9-12,14H2,1-3H3. The molecule has 0 saturated heterocycles. The Balaban J connectivity index is 2.14. The van der Waals surface area contributed by atoms with E-state index < -0.39 is 0 Å². The molecule has 2 rings (SSSR count). The highest BCUT2D eigenvalue weighted by molar-refractivity contribution is 5.52. The first-order valence-electron chi connectivity index (χ1n) is 8.33. The molecule has 1 aromatic rings. The summed E-state index contributed by atoms with van der Waals surface area (Å²) in [6, 6.07) is 8.42. The number of aliphatic hydroxyl groups is 1. The van der Waals surface area contributed by atoms with Crippen molar-refractivity contribution in [2.24, 2.45) is 11.8 Å². The number of hydrogen-bond acceptors (Lipinski definition) is 2. The summed E-state index contributed by atoms with van der Waals surface area (Å²) in [7, 11) is 0. The number of nitrogens with zero attached hydrogens (tertiary/aromatic N) is 1. The van der Waals surface area contributed by atoms with Gasteiger partial charge in [0.15, 0.2) is 5.88 Å². The highest BCUT2D eigenvalue weighted by Crippen LogP contribution is 2.31. The van der Waals surface area contributed by atoms with E-state index in [9.17, 15) is 5.11 Å². The third-order valence-electron chi connectivity index (χ3n) is 4.55. The van der Waals surface area contributed by atoms with Crippen LogP contribution >= 0.6 is 0 Å². The fourth-order valence-corrected chi connectivity index (χ4v) is 3.19. The summed E-state index contributed by atoms with van der Waals surface area (Å²) in [4.78, 5) is 2.09. The summed E-state index contributed by atoms with van der Waals surface area (Å²) in [6.07, 6.45) is 7.98. The van der Waals surface area contributed by atoms with Gasteiger partial charge in [-0.25, -0.2) is 0 Å². The van der Waals surface area contributed by atoms with Crippen molar-refractivity contribution in [3.63, 3.8) is 0 Å². The summed E-state index contributed by atoms with van der Waals surface area (Å²) in [5.41, 5.74) is 2.34. The molecule has 2 heteroatoms. The van der Waals surface area contributed by atoms with Crippen molar-refractivity contribution in [3.05, 3.63) is 41.8 Å². The van der Waals surface area contributed by atoms with Gasteiger partial charge in [0.25, 0.3) is 0 Å². The molecule has 1 saturated carbocycles. The summed E-state index contributed by atoms with van der Waals surface area (Å²) in [6.45, 7) is 7.44. The zero-order valence-electron chi connectivity index (χ0n) is 13.7. The average Bonchev–Trinajstić information content (AvgIpc) is 2.47. The van der Waals surface area contributed by atoms with Gasteiger partial charge in [0.2, 0.25) is 0 Å². The molecule has 0 radical (unpaired) electrons. The molecule has 0 amide bonds. The molecule has 1 fully saturated rings. The molecule has 0 atom stereocenters. The van der Waals surface area contributed by atoms with Crippen LogP contribution in [0.2, 0.25) is 0 Å². The molecule has 1 N–H and O–H groups in total. The largest absolute Gasteiger partial charge is 0.495 e. The van der Waals surface area contributed by atoms with Crippen molar-refractivity contribution in [2.75, 3.05) is 11.4 Å². The second-order valence-corrected chi connectivity index (χ2v) is 6.55. The topological polar surface area (TPSA) is 23.5 Å². The van der Waals surface area contributed by atoms with Crippen LogP contribution in [0, 0.1) is 18.8 Å². The van der Waals surface area contributed by atoms with E-state index in [1.54, 1.807) is 0 Å². The Morgan fingerprint density at radius 3 is 2.62 bits per heavy atom. The van der Waals surface area contributed by atoms with Crippen LogP contribution in [-0.2, 0) is 0 Å². The van der Waals surface area contributed by atoms with Gasteiger partial charge in [-0.2, -0.15) is 0 Å². The van der Waals surface area contributed by atoms with Gasteiger partial charge in [0.1, 0.15) is 0 Å². The fourth-order valence-electron chi connectivity index (χ4n) is 3.19. The number of rotatable bonds is 5. The van der Waals surface area contributed by atoms with Crippen molar-refractivity contribution in [1.82, 2.24) is 0 Å². The van der Waals surface area contributed by atoms with Gasteiger partial charge in [-0.1, -0.05) is 38.8 Å². The van der Waals surface area contributed by atoms with E-state index in [-0.39, 0.29) is 0 Å². The zero-order chi connectivity index (χ0) is 15.2. The van der Waals surface area contributed by atoms with Crippen molar-refractivity contribution >= 4 is 5.69 Å². The van der Waals surface area contributed by atoms with E-state index in [2.05, 4.69) is 49.9 Å². The van der Waals surface area contributed by atoms with Crippen LogP contribution in [0.5, 0.6) is 0 Å². The maximum absolute atomic E-state index is 10.4. The molecule has 0 heterocycles. The number of benzene rings is 1. The molecular weight excluding hydrogens is 258 g/mol. The van der Waals surface area contributed by atoms with Gasteiger partial charge in [-0.3, -0.25) is 0 Å². The highest BCUT2D eigenvalue weighted by Gasteiger charge is 2.22. The van der Waals surface area contributed by atoms with Crippen LogP contribution in [0.3, 0.4) is 0 Å². The van der Waals surface area contributed by atoms with E-state index in [1.165, 1.54) is 31.2 Å². The van der Waals surface area contributed by atoms with E-state index in [0.717, 1.165) is 24.6 Å². The summed E-state index contributed by atoms with van der Waals surface area (Å²) in [5.74, 6) is 1.96. The van der Waals surface area contributed by atoms with E-state index in [1.807, 2.05) is 6.08 Å². The van der Waals surface area contributed by atoms with Gasteiger partial charge in [-0.05, 0) is 61.8 Å². The Labute approximate surface area is 129 Å². The number of aryl methyl sites for hydroxylation is 1. The molecule has 0 unspecified atom stereocenters. The van der Waals surface area contributed by atoms with Gasteiger partial charge in [-0.15, -0.1) is 0 Å². The average molecular weight is 287 g/mol. The van der Waals surface area contributed by atoms with Crippen molar-refractivity contribution in [3.8, 4) is 0 Å². The lowest BCUT2D eigenvalue weighted by atomic mass is 9.83. The Kier molecular flexibility index (Phi) is 5.72. The monoisotopic (exact) mass is 287 g/mol. The van der Waals surface area contributed by atoms with E-state index in [4.69, 9.17) is 0 Å². The van der Waals surface area contributed by atoms with Crippen LogP contribution in [0.4, 0.5) is 5.69 Å². The fraction of sp³-hybridized carbons (Fsp3) is 0.579. The first kappa shape index (κ1) is 15.9. The number of aliphatic hydroxyl groups excluding tert-OH is 1. The van der Waals surface area contributed by atoms with E-state index in [0.29, 0.717) is 11.8 Å². The predicted octanol–water partition coefficient (Wildman–Crippen LogP) is 5.44. The minimum atomic E-state index is 0.404. The lowest BCUT2D eigenvalue weighted by Gasteiger charge is -2.32. The Morgan fingerprint density at radius 1 is 1.29 bits per heavy atom. The molecule has 0 bridgehead atoms. The molecular formula is C19H29NO. The minimum absolute atomic E-state index is 0.404. The van der Waals surface area contributed by atoms with E-state index >= 15 is 0 Å². The molecule has 1 aliphatic rings. The van der Waals surface area contributed by atoms with Crippen molar-refractivity contribution in [2.45, 2.75) is 52.9 Å². The summed E-state index contributed by atoms with van der Waals surface area (Å²) < 4.78 is 0. The molecule has 0 aromatic heterocycles. The van der Waals surface area contributed by atoms with Gasteiger partial charge >= 0.3 is 0 Å². The Hall–Kier alpha value is -1.44. The third-order valence-corrected chi connectivity index (χ3v) is 4.55. The Bertz CT molecular complexity index is 472. The van der Waals surface area contributed by atoms with Crippen LogP contribution in [0.25, 0.3) is 0 Å². The zero-order valence-corrected chi connectivity index (χ0v) is 13.7. The normalized spacial score (nSPS) is 23.1. The predicted molar refractivity (Wildman–Crippen MR) is 90.6 cm³/mol. The lowest BCUT2D eigenvalue weighted by molar-refractivity contribution is 0.283. The molecule has 116 valence electrons. The molecule has 0 spiro atoms.